The van der Waals surface area contributed by atoms with Gasteiger partial charge in [-0.3, -0.25) is 0 Å². The van der Waals surface area contributed by atoms with E-state index in [9.17, 15) is 0 Å². The summed E-state index contributed by atoms with van der Waals surface area (Å²) in [5, 5.41) is 0.560. The predicted octanol–water partition coefficient (Wildman–Crippen LogP) is 4.54. The van der Waals surface area contributed by atoms with Crippen molar-refractivity contribution < 1.29 is 0 Å². The van der Waals surface area contributed by atoms with E-state index in [0.717, 1.165) is 29.6 Å². The molecule has 3 aliphatic carbocycles. The fourth-order valence-electron chi connectivity index (χ4n) is 4.75. The van der Waals surface area contributed by atoms with E-state index in [4.69, 9.17) is 0 Å². The fraction of sp³-hybridized carbons (Fsp3) is 0.875. The summed E-state index contributed by atoms with van der Waals surface area (Å²) in [4.78, 5) is 0. The van der Waals surface area contributed by atoms with Crippen LogP contribution in [0.1, 0.15) is 47.0 Å². The van der Waals surface area contributed by atoms with Crippen LogP contribution in [0.2, 0.25) is 11.6 Å². The molecule has 0 aromatic carbocycles. The first kappa shape index (κ1) is 13.2. The third-order valence-electron chi connectivity index (χ3n) is 6.48. The van der Waals surface area contributed by atoms with E-state index in [-0.39, 0.29) is 0 Å². The second-order valence-corrected chi connectivity index (χ2v) is 7.05. The van der Waals surface area contributed by atoms with E-state index in [1.54, 1.807) is 0 Å². The summed E-state index contributed by atoms with van der Waals surface area (Å²) >= 11 is 0. The summed E-state index contributed by atoms with van der Waals surface area (Å²) in [7, 11) is 1.34. The molecule has 2 bridgehead atoms. The maximum absolute atomic E-state index is 3.90. The fourth-order valence-corrected chi connectivity index (χ4v) is 4.75. The molecule has 6 atom stereocenters. The quantitative estimate of drug-likeness (QED) is 0.482. The summed E-state index contributed by atoms with van der Waals surface area (Å²) < 4.78 is 0. The van der Waals surface area contributed by atoms with Crippen molar-refractivity contribution in [3.63, 3.8) is 0 Å². The molecule has 0 aromatic rings. The summed E-state index contributed by atoms with van der Waals surface area (Å²) in [6, 6.07) is 0. The number of allylic oxidation sites excluding steroid dienone is 1. The van der Waals surface area contributed by atoms with Crippen molar-refractivity contribution in [3.05, 3.63) is 12.7 Å². The molecule has 96 valence electrons. The molecule has 3 saturated carbocycles. The van der Waals surface area contributed by atoms with Crippen LogP contribution in [0.15, 0.2) is 12.7 Å². The van der Waals surface area contributed by atoms with Crippen molar-refractivity contribution in [2.45, 2.75) is 58.6 Å². The summed E-state index contributed by atoms with van der Waals surface area (Å²) in [5.74, 6) is 5.02. The van der Waals surface area contributed by atoms with E-state index in [2.05, 4.69) is 40.3 Å². The van der Waals surface area contributed by atoms with E-state index in [1.807, 2.05) is 0 Å². The molecule has 3 fully saturated rings. The van der Waals surface area contributed by atoms with Crippen molar-refractivity contribution in [2.24, 2.45) is 29.6 Å². The van der Waals surface area contributed by atoms with Crippen molar-refractivity contribution in [3.8, 4) is 0 Å². The van der Waals surface area contributed by atoms with Gasteiger partial charge in [0.1, 0.15) is 7.28 Å². The van der Waals surface area contributed by atoms with Crippen LogP contribution >= 0.6 is 0 Å². The van der Waals surface area contributed by atoms with Gasteiger partial charge in [0.15, 0.2) is 0 Å². The average molecular weight is 232 g/mol. The van der Waals surface area contributed by atoms with Gasteiger partial charge in [-0.1, -0.05) is 51.8 Å². The summed E-state index contributed by atoms with van der Waals surface area (Å²) in [5.41, 5.74) is 0. The van der Waals surface area contributed by atoms with Crippen LogP contribution in [0.5, 0.6) is 0 Å². The Hall–Kier alpha value is -0.195. The third-order valence-corrected chi connectivity index (χ3v) is 6.48. The minimum Gasteiger partial charge on any atom is -0.104 e. The van der Waals surface area contributed by atoms with Crippen molar-refractivity contribution >= 4 is 7.28 Å². The molecule has 0 radical (unpaired) electrons. The minimum atomic E-state index is 0.560. The molecule has 0 nitrogen and oxygen atoms in total. The van der Waals surface area contributed by atoms with Gasteiger partial charge in [0.05, 0.1) is 0 Å². The molecule has 3 aliphatic rings. The Morgan fingerprint density at radius 2 is 2.00 bits per heavy atom. The Kier molecular flexibility index (Phi) is 3.76. The standard InChI is InChI=1S/C16H29B/c1-6-8-17-16(5,7-2)15-10-13-9-14(11(13)3)12(15)4/h6,11-15,17H,1,7-10H2,2-5H3/t11-,12+,13?,14?,15?,16+/m1/s1. The van der Waals surface area contributed by atoms with Gasteiger partial charge in [0.2, 0.25) is 0 Å². The number of hydrogen-bond donors (Lipinski definition) is 0. The lowest BCUT2D eigenvalue weighted by atomic mass is 9.37. The van der Waals surface area contributed by atoms with Crippen LogP contribution in [0.3, 0.4) is 0 Å². The highest BCUT2D eigenvalue weighted by molar-refractivity contribution is 6.40. The molecule has 0 spiro atoms. The zero-order valence-corrected chi connectivity index (χ0v) is 12.2. The highest BCUT2D eigenvalue weighted by Crippen LogP contribution is 2.61. The van der Waals surface area contributed by atoms with Gasteiger partial charge in [-0.25, -0.2) is 0 Å². The molecule has 3 rings (SSSR count). The summed E-state index contributed by atoms with van der Waals surface area (Å²) in [6.45, 7) is 13.8. The van der Waals surface area contributed by atoms with Gasteiger partial charge in [-0.05, 0) is 42.4 Å². The molecule has 0 amide bonds. The lowest BCUT2D eigenvalue weighted by molar-refractivity contribution is -0.0694. The number of rotatable bonds is 5. The number of hydrogen-bond acceptors (Lipinski definition) is 0. The molecular formula is C16H29B. The van der Waals surface area contributed by atoms with Crippen LogP contribution in [-0.4, -0.2) is 7.28 Å². The lowest BCUT2D eigenvalue weighted by Gasteiger charge is -2.59. The maximum Gasteiger partial charge on any atom is 0.132 e. The van der Waals surface area contributed by atoms with Crippen molar-refractivity contribution in [1.29, 1.82) is 0 Å². The highest BCUT2D eigenvalue weighted by Gasteiger charge is 2.52. The van der Waals surface area contributed by atoms with Crippen molar-refractivity contribution in [2.75, 3.05) is 0 Å². The SMILES string of the molecule is C=CCB[C@@](C)(CC)C1CC2CC([C@@H]2C)[C@@H]1C. The molecule has 0 heterocycles. The predicted molar refractivity (Wildman–Crippen MR) is 78.8 cm³/mol. The Labute approximate surface area is 108 Å². The Bertz CT molecular complexity index is 285. The van der Waals surface area contributed by atoms with E-state index < -0.39 is 0 Å². The van der Waals surface area contributed by atoms with Gasteiger partial charge >= 0.3 is 0 Å². The molecular weight excluding hydrogens is 203 g/mol. The van der Waals surface area contributed by atoms with Crippen LogP contribution in [-0.2, 0) is 0 Å². The zero-order valence-electron chi connectivity index (χ0n) is 12.2. The Morgan fingerprint density at radius 1 is 1.29 bits per heavy atom. The number of fused-ring (bicyclic) bond motifs is 2. The average Bonchev–Trinajstić information content (AvgIpc) is 2.34. The first-order valence-corrected chi connectivity index (χ1v) is 7.64. The van der Waals surface area contributed by atoms with Crippen molar-refractivity contribution in [1.82, 2.24) is 0 Å². The van der Waals surface area contributed by atoms with Gasteiger partial charge in [-0.15, -0.1) is 6.58 Å². The monoisotopic (exact) mass is 232 g/mol. The maximum atomic E-state index is 3.90. The molecule has 0 aromatic heterocycles. The highest BCUT2D eigenvalue weighted by atomic mass is 14.6. The summed E-state index contributed by atoms with van der Waals surface area (Å²) in [6.07, 6.45) is 7.66. The van der Waals surface area contributed by atoms with Crippen LogP contribution in [0.25, 0.3) is 0 Å². The molecule has 0 saturated heterocycles. The van der Waals surface area contributed by atoms with E-state index >= 15 is 0 Å². The van der Waals surface area contributed by atoms with Crippen LogP contribution < -0.4 is 0 Å². The van der Waals surface area contributed by atoms with Gasteiger partial charge in [-0.2, -0.15) is 0 Å². The first-order chi connectivity index (χ1) is 8.03. The second kappa shape index (κ2) is 4.82. The molecule has 3 unspecified atom stereocenters. The molecule has 0 aliphatic heterocycles. The van der Waals surface area contributed by atoms with E-state index in [1.165, 1.54) is 32.9 Å². The Morgan fingerprint density at radius 3 is 2.47 bits per heavy atom. The van der Waals surface area contributed by atoms with Crippen LogP contribution in [0.4, 0.5) is 0 Å². The topological polar surface area (TPSA) is 0 Å². The second-order valence-electron chi connectivity index (χ2n) is 7.05. The third kappa shape index (κ3) is 2.11. The zero-order chi connectivity index (χ0) is 12.6. The van der Waals surface area contributed by atoms with E-state index in [0.29, 0.717) is 5.31 Å². The molecule has 1 heteroatoms. The first-order valence-electron chi connectivity index (χ1n) is 7.64. The smallest absolute Gasteiger partial charge is 0.104 e. The molecule has 17 heavy (non-hydrogen) atoms. The largest absolute Gasteiger partial charge is 0.132 e. The lowest BCUT2D eigenvalue weighted by Crippen LogP contribution is -2.51. The Balaban J connectivity index is 2.07. The molecule has 0 N–H and O–H groups in total. The normalized spacial score (nSPS) is 43.4. The minimum absolute atomic E-state index is 0.560. The van der Waals surface area contributed by atoms with Crippen LogP contribution in [0, 0.1) is 29.6 Å². The van der Waals surface area contributed by atoms with Gasteiger partial charge in [0.25, 0.3) is 0 Å². The van der Waals surface area contributed by atoms with Gasteiger partial charge in [0, 0.05) is 0 Å². The van der Waals surface area contributed by atoms with Gasteiger partial charge < -0.3 is 0 Å².